The van der Waals surface area contributed by atoms with Gasteiger partial charge >= 0.3 is 0 Å². The zero-order valence-electron chi connectivity index (χ0n) is 11.7. The maximum Gasteiger partial charge on any atom is 0.243 e. The molecular formula is C13H20N2O3S2. The molecule has 112 valence electrons. The fourth-order valence-electron chi connectivity index (χ4n) is 2.16. The number of nitrogen functional groups attached to an aromatic ring is 1. The van der Waals surface area contributed by atoms with Gasteiger partial charge in [-0.2, -0.15) is 16.1 Å². The second-order valence-corrected chi connectivity index (χ2v) is 8.01. The Labute approximate surface area is 124 Å². The molecule has 0 aromatic heterocycles. The van der Waals surface area contributed by atoms with Crippen molar-refractivity contribution in [2.24, 2.45) is 0 Å². The lowest BCUT2D eigenvalue weighted by Gasteiger charge is -2.31. The predicted molar refractivity (Wildman–Crippen MR) is 82.7 cm³/mol. The van der Waals surface area contributed by atoms with Crippen LogP contribution in [0, 0.1) is 0 Å². The molecule has 2 rings (SSSR count). The molecule has 0 spiro atoms. The molecule has 0 saturated carbocycles. The van der Waals surface area contributed by atoms with Crippen LogP contribution in [0.4, 0.5) is 5.69 Å². The number of sulfonamides is 1. The Morgan fingerprint density at radius 2 is 2.25 bits per heavy atom. The van der Waals surface area contributed by atoms with Crippen LogP contribution in [-0.4, -0.2) is 43.9 Å². The van der Waals surface area contributed by atoms with Crippen molar-refractivity contribution >= 4 is 27.5 Å². The number of nitrogens with two attached hydrogens (primary N) is 1. The molecule has 0 radical (unpaired) electrons. The van der Waals surface area contributed by atoms with E-state index >= 15 is 0 Å². The van der Waals surface area contributed by atoms with Gasteiger partial charge in [0.1, 0.15) is 5.75 Å². The zero-order chi connectivity index (χ0) is 14.8. The maximum absolute atomic E-state index is 12.6. The van der Waals surface area contributed by atoms with Crippen molar-refractivity contribution in [1.82, 2.24) is 4.31 Å². The topological polar surface area (TPSA) is 72.6 Å². The number of benzene rings is 1. The maximum atomic E-state index is 12.6. The molecule has 1 fully saturated rings. The number of thioether (sulfide) groups is 1. The van der Waals surface area contributed by atoms with Gasteiger partial charge < -0.3 is 10.5 Å². The third-order valence-corrected chi connectivity index (χ3v) is 6.63. The van der Waals surface area contributed by atoms with E-state index in [4.69, 9.17) is 10.5 Å². The van der Waals surface area contributed by atoms with Crippen LogP contribution in [0.3, 0.4) is 0 Å². The number of hydrogen-bond acceptors (Lipinski definition) is 5. The van der Waals surface area contributed by atoms with Crippen LogP contribution in [0.15, 0.2) is 23.1 Å². The molecule has 0 bridgehead atoms. The van der Waals surface area contributed by atoms with Crippen LogP contribution >= 0.6 is 11.8 Å². The van der Waals surface area contributed by atoms with Gasteiger partial charge in [-0.25, -0.2) is 8.42 Å². The van der Waals surface area contributed by atoms with Crippen molar-refractivity contribution in [3.8, 4) is 5.75 Å². The second-order valence-electron chi connectivity index (χ2n) is 4.67. The molecule has 1 aromatic carbocycles. The van der Waals surface area contributed by atoms with E-state index in [2.05, 4.69) is 6.92 Å². The van der Waals surface area contributed by atoms with Crippen molar-refractivity contribution in [3.05, 3.63) is 18.2 Å². The minimum Gasteiger partial charge on any atom is -0.495 e. The summed E-state index contributed by atoms with van der Waals surface area (Å²) in [4.78, 5) is 0.241. The Hall–Kier alpha value is -0.920. The van der Waals surface area contributed by atoms with Crippen LogP contribution in [-0.2, 0) is 10.0 Å². The van der Waals surface area contributed by atoms with Crippen LogP contribution in [0.2, 0.25) is 0 Å². The summed E-state index contributed by atoms with van der Waals surface area (Å²) >= 11 is 1.84. The zero-order valence-corrected chi connectivity index (χ0v) is 13.3. The first-order chi connectivity index (χ1) is 9.48. The van der Waals surface area contributed by atoms with Crippen molar-refractivity contribution in [2.45, 2.75) is 23.5 Å². The van der Waals surface area contributed by atoms with Crippen molar-refractivity contribution in [2.75, 3.05) is 31.7 Å². The quantitative estimate of drug-likeness (QED) is 0.858. The molecule has 7 heteroatoms. The largest absolute Gasteiger partial charge is 0.495 e. The van der Waals surface area contributed by atoms with Crippen LogP contribution in [0.5, 0.6) is 5.75 Å². The Kier molecular flexibility index (Phi) is 4.82. The Morgan fingerprint density at radius 1 is 1.50 bits per heavy atom. The van der Waals surface area contributed by atoms with E-state index in [1.165, 1.54) is 19.2 Å². The van der Waals surface area contributed by atoms with Gasteiger partial charge in [0.2, 0.25) is 10.0 Å². The number of ether oxygens (including phenoxy) is 1. The first-order valence-electron chi connectivity index (χ1n) is 6.54. The van der Waals surface area contributed by atoms with Gasteiger partial charge in [0.15, 0.2) is 0 Å². The van der Waals surface area contributed by atoms with Crippen LogP contribution < -0.4 is 10.5 Å². The van der Waals surface area contributed by atoms with E-state index in [1.807, 2.05) is 11.8 Å². The molecule has 0 aliphatic carbocycles. The highest BCUT2D eigenvalue weighted by Gasteiger charge is 2.30. The van der Waals surface area contributed by atoms with Crippen molar-refractivity contribution in [1.29, 1.82) is 0 Å². The molecule has 1 atom stereocenters. The van der Waals surface area contributed by atoms with Crippen molar-refractivity contribution in [3.63, 3.8) is 0 Å². The second kappa shape index (κ2) is 6.24. The van der Waals surface area contributed by atoms with E-state index in [9.17, 15) is 8.42 Å². The van der Waals surface area contributed by atoms with Crippen LogP contribution in [0.25, 0.3) is 0 Å². The fourth-order valence-corrected chi connectivity index (χ4v) is 5.05. The van der Waals surface area contributed by atoms with Gasteiger partial charge in [0.25, 0.3) is 0 Å². The average Bonchev–Trinajstić information content (AvgIpc) is 2.47. The monoisotopic (exact) mass is 316 g/mol. The van der Waals surface area contributed by atoms with Crippen molar-refractivity contribution < 1.29 is 13.2 Å². The summed E-state index contributed by atoms with van der Waals surface area (Å²) in [5.41, 5.74) is 6.17. The molecule has 1 aliphatic heterocycles. The molecular weight excluding hydrogens is 296 g/mol. The van der Waals surface area contributed by atoms with E-state index in [0.717, 1.165) is 12.2 Å². The number of anilines is 1. The molecule has 0 amide bonds. The molecule has 1 aromatic rings. The Bertz CT molecular complexity index is 575. The van der Waals surface area contributed by atoms with Gasteiger partial charge in [-0.15, -0.1) is 0 Å². The molecule has 20 heavy (non-hydrogen) atoms. The number of methoxy groups -OCH3 is 1. The molecule has 2 N–H and O–H groups in total. The normalized spacial score (nSPS) is 20.8. The summed E-state index contributed by atoms with van der Waals surface area (Å²) in [7, 11) is -1.99. The summed E-state index contributed by atoms with van der Waals surface area (Å²) in [6, 6.07) is 4.60. The fraction of sp³-hybridized carbons (Fsp3) is 0.538. The lowest BCUT2D eigenvalue weighted by Crippen LogP contribution is -2.41. The third-order valence-electron chi connectivity index (χ3n) is 3.40. The van der Waals surface area contributed by atoms with E-state index < -0.39 is 10.0 Å². The SMILES string of the molecule is CCC1CN(S(=O)(=O)c2ccc(N)c(OC)c2)CCS1. The molecule has 1 heterocycles. The van der Waals surface area contributed by atoms with Gasteiger partial charge in [0, 0.05) is 30.2 Å². The predicted octanol–water partition coefficient (Wildman–Crippen LogP) is 1.79. The summed E-state index contributed by atoms with van der Waals surface area (Å²) in [5, 5.41) is 0.370. The Balaban J connectivity index is 2.30. The molecule has 5 nitrogen and oxygen atoms in total. The van der Waals surface area contributed by atoms with E-state index in [1.54, 1.807) is 10.4 Å². The number of rotatable bonds is 4. The first kappa shape index (κ1) is 15.5. The number of hydrogen-bond donors (Lipinski definition) is 1. The van der Waals surface area contributed by atoms with Crippen LogP contribution in [0.1, 0.15) is 13.3 Å². The standard InChI is InChI=1S/C13H20N2O3S2/c1-3-10-9-15(6-7-19-10)20(16,17)11-4-5-12(14)13(8-11)18-2/h4-5,8,10H,3,6-7,9,14H2,1-2H3. The molecule has 1 unspecified atom stereocenters. The third kappa shape index (κ3) is 3.05. The lowest BCUT2D eigenvalue weighted by molar-refractivity contribution is 0.409. The van der Waals surface area contributed by atoms with E-state index in [0.29, 0.717) is 29.8 Å². The highest BCUT2D eigenvalue weighted by molar-refractivity contribution is 8.00. The summed E-state index contributed by atoms with van der Waals surface area (Å²) < 4.78 is 32.0. The van der Waals surface area contributed by atoms with E-state index in [-0.39, 0.29) is 4.90 Å². The molecule has 1 saturated heterocycles. The minimum atomic E-state index is -3.47. The first-order valence-corrected chi connectivity index (χ1v) is 9.03. The minimum absolute atomic E-state index is 0.241. The highest BCUT2D eigenvalue weighted by atomic mass is 32.2. The Morgan fingerprint density at radius 3 is 2.90 bits per heavy atom. The lowest BCUT2D eigenvalue weighted by atomic mass is 10.3. The highest BCUT2D eigenvalue weighted by Crippen LogP contribution is 2.29. The number of nitrogens with zero attached hydrogens (tertiary/aromatic N) is 1. The summed E-state index contributed by atoms with van der Waals surface area (Å²) in [6.07, 6.45) is 0.974. The van der Waals surface area contributed by atoms with Gasteiger partial charge in [-0.3, -0.25) is 0 Å². The summed E-state index contributed by atoms with van der Waals surface area (Å²) in [6.45, 7) is 3.20. The van der Waals surface area contributed by atoms with Gasteiger partial charge in [-0.05, 0) is 18.6 Å². The average molecular weight is 316 g/mol. The van der Waals surface area contributed by atoms with Gasteiger partial charge in [0.05, 0.1) is 17.7 Å². The smallest absolute Gasteiger partial charge is 0.243 e. The summed E-state index contributed by atoms with van der Waals surface area (Å²) in [5.74, 6) is 1.23. The van der Waals surface area contributed by atoms with Gasteiger partial charge in [-0.1, -0.05) is 6.92 Å². The molecule has 1 aliphatic rings.